The van der Waals surface area contributed by atoms with Crippen LogP contribution in [0.4, 0.5) is 0 Å². The summed E-state index contributed by atoms with van der Waals surface area (Å²) in [6.45, 7) is 12.7. The molecule has 18 heteroatoms. The number of hydrogen-bond acceptors (Lipinski definition) is 14. The molecule has 1 aromatic rings. The van der Waals surface area contributed by atoms with Crippen molar-refractivity contribution < 1.29 is 67.1 Å². The smallest absolute Gasteiger partial charge is 0.253 e. The monoisotopic (exact) mass is 1050 g/mol. The fourth-order valence-corrected chi connectivity index (χ4v) is 11.8. The largest absolute Gasteiger partial charge is 0.396 e. The number of benzene rings is 1. The van der Waals surface area contributed by atoms with Gasteiger partial charge < -0.3 is 48.2 Å². The lowest BCUT2D eigenvalue weighted by atomic mass is 9.83. The first-order valence-electron chi connectivity index (χ1n) is 27.5. The van der Waals surface area contributed by atoms with E-state index in [0.717, 1.165) is 36.1 Å². The second kappa shape index (κ2) is 31.1. The van der Waals surface area contributed by atoms with Crippen LogP contribution in [0, 0.1) is 35.5 Å². The molecule has 0 unspecified atom stereocenters. The summed E-state index contributed by atoms with van der Waals surface area (Å²) in [5.74, 6) is -2.89. The maximum absolute atomic E-state index is 14.8. The van der Waals surface area contributed by atoms with Crippen molar-refractivity contribution in [3.8, 4) is 0 Å². The Labute approximate surface area is 445 Å². The SMILES string of the molecule is CC[C@H](C)[C@@H]([C@@H](CC(=O)N1CCC[C@H]1[C@H](OC)[C@@H](C)C(=O)C[C@H](CO)Cc1ccccc1)OC)N(C)C(=O)[C@@H](CC(=O)[C@@H]1[C@H]2CC[C@H](C2)N1C(=O)CCOCCOCCOCCOCCN1C(=O)C=CC1=O)C(C)C. The molecule has 5 rings (SSSR count). The van der Waals surface area contributed by atoms with Gasteiger partial charge in [0, 0.05) is 77.3 Å². The molecule has 1 aromatic carbocycles. The Morgan fingerprint density at radius 2 is 1.40 bits per heavy atom. The number of carbonyl (C=O) groups is 7. The van der Waals surface area contributed by atoms with Crippen LogP contribution in [0.5, 0.6) is 0 Å². The normalized spacial score (nSPS) is 22.2. The lowest BCUT2D eigenvalue weighted by Gasteiger charge is -2.41. The standard InChI is InChI=1S/C57H88N4O14/c1-9-39(4)54(49(70-7)36-53(68)59-22-13-16-46(59)56(71-8)40(5)47(63)33-42(37-62)32-41-14-11-10-12-15-41)58(6)57(69)45(38(2)3)35-48(64)55-43-17-18-44(34-43)61(55)52(67)21-24-72-26-28-74-30-31-75-29-27-73-25-23-60-50(65)19-20-51(60)66/h10-12,14-15,19-20,38-40,42-46,49,54-56,62H,9,13,16-18,21-37H2,1-8H3/t39-,40-,42+,43-,44+,45-,46-,49+,54-,55-,56+/m0/s1. The number of imide groups is 1. The van der Waals surface area contributed by atoms with E-state index in [1.807, 2.05) is 69.9 Å². The predicted octanol–water partition coefficient (Wildman–Crippen LogP) is 4.71. The zero-order chi connectivity index (χ0) is 54.6. The average Bonchev–Trinajstić information content (AvgIpc) is 4.24. The summed E-state index contributed by atoms with van der Waals surface area (Å²) < 4.78 is 34.4. The Morgan fingerprint density at radius 3 is 1.99 bits per heavy atom. The first kappa shape index (κ1) is 61.4. The number of piperidine rings is 1. The molecule has 0 spiro atoms. The van der Waals surface area contributed by atoms with Gasteiger partial charge in [-0.15, -0.1) is 0 Å². The van der Waals surface area contributed by atoms with E-state index in [1.165, 1.54) is 12.2 Å². The van der Waals surface area contributed by atoms with E-state index >= 15 is 0 Å². The minimum atomic E-state index is -0.660. The van der Waals surface area contributed by atoms with Crippen molar-refractivity contribution in [1.29, 1.82) is 0 Å². The molecular formula is C57H88N4O14. The summed E-state index contributed by atoms with van der Waals surface area (Å²) in [6, 6.07) is 8.36. The quantitative estimate of drug-likeness (QED) is 0.0714. The first-order valence-corrected chi connectivity index (χ1v) is 27.5. The van der Waals surface area contributed by atoms with E-state index in [4.69, 9.17) is 28.4 Å². The Kier molecular flexibility index (Phi) is 25.5. The van der Waals surface area contributed by atoms with Crippen LogP contribution in [0.2, 0.25) is 0 Å². The van der Waals surface area contributed by atoms with E-state index in [2.05, 4.69) is 0 Å². The van der Waals surface area contributed by atoms with E-state index in [9.17, 15) is 38.7 Å². The molecule has 3 fully saturated rings. The molecular weight excluding hydrogens is 965 g/mol. The van der Waals surface area contributed by atoms with Crippen LogP contribution < -0.4 is 0 Å². The predicted molar refractivity (Wildman–Crippen MR) is 280 cm³/mol. The molecule has 1 saturated carbocycles. The van der Waals surface area contributed by atoms with Crippen LogP contribution in [-0.2, 0) is 68.4 Å². The number of rotatable bonds is 36. The number of fused-ring (bicyclic) bond motifs is 2. The van der Waals surface area contributed by atoms with Crippen molar-refractivity contribution >= 4 is 41.1 Å². The second-order valence-electron chi connectivity index (χ2n) is 21.4. The van der Waals surface area contributed by atoms with E-state index in [1.54, 1.807) is 31.1 Å². The molecule has 1 aliphatic carbocycles. The molecule has 1 N–H and O–H groups in total. The summed E-state index contributed by atoms with van der Waals surface area (Å²) in [6.07, 6.45) is 6.77. The van der Waals surface area contributed by atoms with Gasteiger partial charge in [0.1, 0.15) is 5.78 Å². The number of nitrogens with zero attached hydrogens (tertiary/aromatic N) is 4. The number of methoxy groups -OCH3 is 2. The van der Waals surface area contributed by atoms with Crippen LogP contribution in [0.1, 0.15) is 104 Å². The number of likely N-dealkylation sites (tertiary alicyclic amines) is 2. The average molecular weight is 1050 g/mol. The number of amides is 5. The highest BCUT2D eigenvalue weighted by molar-refractivity contribution is 6.12. The van der Waals surface area contributed by atoms with E-state index in [0.29, 0.717) is 58.8 Å². The van der Waals surface area contributed by atoms with Crippen LogP contribution in [0.25, 0.3) is 0 Å². The van der Waals surface area contributed by atoms with Crippen LogP contribution in [-0.4, -0.2) is 196 Å². The zero-order valence-corrected chi connectivity index (χ0v) is 46.1. The van der Waals surface area contributed by atoms with Gasteiger partial charge in [-0.05, 0) is 67.8 Å². The minimum Gasteiger partial charge on any atom is -0.396 e. The molecule has 2 bridgehead atoms. The van der Waals surface area contributed by atoms with Crippen LogP contribution in [0.3, 0.4) is 0 Å². The second-order valence-corrected chi connectivity index (χ2v) is 21.4. The molecule has 3 heterocycles. The zero-order valence-electron chi connectivity index (χ0n) is 46.1. The van der Waals surface area contributed by atoms with Gasteiger partial charge in [0.25, 0.3) is 11.8 Å². The van der Waals surface area contributed by atoms with Crippen molar-refractivity contribution in [1.82, 2.24) is 19.6 Å². The molecule has 0 aromatic heterocycles. The number of aliphatic hydroxyl groups is 1. The molecule has 420 valence electrons. The number of hydrogen-bond donors (Lipinski definition) is 1. The van der Waals surface area contributed by atoms with E-state index < -0.39 is 36.1 Å². The number of ether oxygens (including phenoxy) is 6. The highest BCUT2D eigenvalue weighted by Crippen LogP contribution is 2.44. The topological polar surface area (TPSA) is 208 Å². The molecule has 2 saturated heterocycles. The third-order valence-corrected chi connectivity index (χ3v) is 16.2. The molecule has 4 aliphatic rings. The van der Waals surface area contributed by atoms with Crippen molar-refractivity contribution in [2.45, 2.75) is 142 Å². The van der Waals surface area contributed by atoms with Crippen molar-refractivity contribution in [3.05, 3.63) is 48.0 Å². The lowest BCUT2D eigenvalue weighted by molar-refractivity contribution is -0.150. The van der Waals surface area contributed by atoms with E-state index in [-0.39, 0.29) is 136 Å². The number of carbonyl (C=O) groups excluding carboxylic acids is 7. The number of aliphatic hydroxyl groups excluding tert-OH is 1. The van der Waals surface area contributed by atoms with Gasteiger partial charge in [-0.25, -0.2) is 0 Å². The number of Topliss-reactive ketones (excluding diaryl/α,β-unsaturated/α-hetero) is 2. The Balaban J connectivity index is 1.09. The number of ketones is 2. The minimum absolute atomic E-state index is 0.00872. The van der Waals surface area contributed by atoms with Gasteiger partial charge in [0.05, 0.1) is 103 Å². The highest BCUT2D eigenvalue weighted by atomic mass is 16.6. The van der Waals surface area contributed by atoms with Crippen LogP contribution in [0.15, 0.2) is 42.5 Å². The molecule has 3 aliphatic heterocycles. The molecule has 11 atom stereocenters. The maximum Gasteiger partial charge on any atom is 0.253 e. The van der Waals surface area contributed by atoms with Crippen LogP contribution >= 0.6 is 0 Å². The third-order valence-electron chi connectivity index (χ3n) is 16.2. The summed E-state index contributed by atoms with van der Waals surface area (Å²) in [7, 11) is 4.89. The fourth-order valence-electron chi connectivity index (χ4n) is 11.8. The van der Waals surface area contributed by atoms with Crippen molar-refractivity contribution in [3.63, 3.8) is 0 Å². The van der Waals surface area contributed by atoms with Gasteiger partial charge in [-0.2, -0.15) is 0 Å². The summed E-state index contributed by atoms with van der Waals surface area (Å²) in [5, 5.41) is 10.2. The lowest BCUT2D eigenvalue weighted by Crippen LogP contribution is -2.54. The summed E-state index contributed by atoms with van der Waals surface area (Å²) >= 11 is 0. The van der Waals surface area contributed by atoms with Gasteiger partial charge in [-0.3, -0.25) is 38.5 Å². The highest BCUT2D eigenvalue weighted by Gasteiger charge is 2.52. The molecule has 18 nitrogen and oxygen atoms in total. The van der Waals surface area contributed by atoms with Crippen molar-refractivity contribution in [2.75, 3.05) is 93.8 Å². The number of likely N-dealkylation sites (N-methyl/N-ethyl adjacent to an activating group) is 1. The van der Waals surface area contributed by atoms with Gasteiger partial charge in [-0.1, -0.05) is 71.4 Å². The molecule has 5 amide bonds. The maximum atomic E-state index is 14.8. The molecule has 0 radical (unpaired) electrons. The molecule has 75 heavy (non-hydrogen) atoms. The summed E-state index contributed by atoms with van der Waals surface area (Å²) in [5.41, 5.74) is 1.05. The van der Waals surface area contributed by atoms with Gasteiger partial charge >= 0.3 is 0 Å². The Morgan fingerprint density at radius 1 is 0.773 bits per heavy atom. The summed E-state index contributed by atoms with van der Waals surface area (Å²) in [4.78, 5) is 101. The van der Waals surface area contributed by atoms with Crippen molar-refractivity contribution in [2.24, 2.45) is 35.5 Å². The first-order chi connectivity index (χ1) is 36.1. The fraction of sp³-hybridized carbons (Fsp3) is 0.737. The Hall–Kier alpha value is -4.43. The Bertz CT molecular complexity index is 2020. The third kappa shape index (κ3) is 17.0. The van der Waals surface area contributed by atoms with Gasteiger partial charge in [0.15, 0.2) is 5.78 Å². The van der Waals surface area contributed by atoms with Gasteiger partial charge in [0.2, 0.25) is 17.7 Å².